The molecular weight excluding hydrogens is 480 g/mol. The van der Waals surface area contributed by atoms with Gasteiger partial charge in [0.25, 0.3) is 5.56 Å². The highest BCUT2D eigenvalue weighted by atomic mass is 35.5. The van der Waals surface area contributed by atoms with Crippen LogP contribution in [0.4, 0.5) is 13.2 Å². The number of rotatable bonds is 7. The van der Waals surface area contributed by atoms with Crippen molar-refractivity contribution in [3.05, 3.63) is 66.6 Å². The van der Waals surface area contributed by atoms with Crippen molar-refractivity contribution in [3.63, 3.8) is 0 Å². The molecular formula is C19H17Cl2F3N2O6. The van der Waals surface area contributed by atoms with E-state index in [1.807, 2.05) is 0 Å². The second kappa shape index (κ2) is 9.70. The van der Waals surface area contributed by atoms with Crippen LogP contribution in [0.2, 0.25) is 10.0 Å². The lowest BCUT2D eigenvalue weighted by Crippen LogP contribution is -2.40. The standard InChI is InChI=1S/C19H17Cl2F3N2O6/c1-4-12(14(31-3)7-17(28)29)32-13-6-11(9(20)5-10(13)21)26-16(27)8-15(19(22,23)24)25(2)18(26)30/h5-8,12H,4H2,1-3H3,(H,28,29)/b14-7-. The van der Waals surface area contributed by atoms with Crippen molar-refractivity contribution < 1.29 is 32.5 Å². The molecule has 1 aromatic carbocycles. The van der Waals surface area contributed by atoms with Crippen molar-refractivity contribution in [2.75, 3.05) is 7.11 Å². The van der Waals surface area contributed by atoms with E-state index in [4.69, 9.17) is 37.8 Å². The molecule has 0 aliphatic heterocycles. The average Bonchev–Trinajstić information content (AvgIpc) is 2.68. The number of benzene rings is 1. The van der Waals surface area contributed by atoms with Crippen LogP contribution in [0.15, 0.2) is 39.6 Å². The molecule has 0 aliphatic rings. The monoisotopic (exact) mass is 496 g/mol. The number of carbonyl (C=O) groups is 1. The minimum absolute atomic E-state index is 0.0461. The number of carboxylic acids is 1. The van der Waals surface area contributed by atoms with E-state index in [1.54, 1.807) is 6.92 Å². The molecule has 13 heteroatoms. The Balaban J connectivity index is 2.67. The molecule has 1 N–H and O–H groups in total. The summed E-state index contributed by atoms with van der Waals surface area (Å²) in [5.41, 5.74) is -4.28. The molecule has 0 radical (unpaired) electrons. The number of nitrogens with zero attached hydrogens (tertiary/aromatic N) is 2. The zero-order chi connectivity index (χ0) is 24.4. The molecule has 1 unspecified atom stereocenters. The molecule has 2 aromatic rings. The minimum Gasteiger partial charge on any atom is -0.497 e. The fourth-order valence-corrected chi connectivity index (χ4v) is 3.31. The van der Waals surface area contributed by atoms with Gasteiger partial charge in [-0.05, 0) is 12.5 Å². The van der Waals surface area contributed by atoms with E-state index >= 15 is 0 Å². The van der Waals surface area contributed by atoms with Crippen molar-refractivity contribution in [1.29, 1.82) is 0 Å². The molecule has 0 fully saturated rings. The lowest BCUT2D eigenvalue weighted by molar-refractivity contribution is -0.144. The summed E-state index contributed by atoms with van der Waals surface area (Å²) in [6, 6.07) is 2.50. The van der Waals surface area contributed by atoms with Crippen LogP contribution in [-0.2, 0) is 22.8 Å². The molecule has 1 atom stereocenters. The highest BCUT2D eigenvalue weighted by molar-refractivity contribution is 6.36. The summed E-state index contributed by atoms with van der Waals surface area (Å²) in [5.74, 6) is -1.44. The van der Waals surface area contributed by atoms with E-state index < -0.39 is 35.2 Å². The first-order valence-electron chi connectivity index (χ1n) is 8.86. The smallest absolute Gasteiger partial charge is 0.431 e. The van der Waals surface area contributed by atoms with Gasteiger partial charge in [0.1, 0.15) is 17.2 Å². The number of hydrogen-bond acceptors (Lipinski definition) is 5. The number of halogens is 5. The quantitative estimate of drug-likeness (QED) is 0.464. The Morgan fingerprint density at radius 3 is 2.34 bits per heavy atom. The number of ether oxygens (including phenoxy) is 2. The van der Waals surface area contributed by atoms with Gasteiger partial charge < -0.3 is 14.6 Å². The summed E-state index contributed by atoms with van der Waals surface area (Å²) in [5, 5.41) is 8.70. The molecule has 0 saturated carbocycles. The van der Waals surface area contributed by atoms with Crippen LogP contribution in [-0.4, -0.2) is 33.4 Å². The van der Waals surface area contributed by atoms with Gasteiger partial charge in [0, 0.05) is 19.2 Å². The van der Waals surface area contributed by atoms with Gasteiger partial charge in [0.05, 0.1) is 28.9 Å². The molecule has 0 saturated heterocycles. The number of methoxy groups -OCH3 is 1. The maximum atomic E-state index is 13.1. The van der Waals surface area contributed by atoms with Crippen molar-refractivity contribution >= 4 is 29.2 Å². The third kappa shape index (κ3) is 5.28. The Hall–Kier alpha value is -2.92. The van der Waals surface area contributed by atoms with Gasteiger partial charge in [-0.3, -0.25) is 9.36 Å². The summed E-state index contributed by atoms with van der Waals surface area (Å²) in [6.07, 6.45) is -4.82. The van der Waals surface area contributed by atoms with Gasteiger partial charge in [-0.2, -0.15) is 13.2 Å². The van der Waals surface area contributed by atoms with Gasteiger partial charge in [-0.25, -0.2) is 14.2 Å². The van der Waals surface area contributed by atoms with Gasteiger partial charge in [0.2, 0.25) is 0 Å². The van der Waals surface area contributed by atoms with Crippen LogP contribution in [0.1, 0.15) is 19.0 Å². The van der Waals surface area contributed by atoms with Crippen LogP contribution in [0.3, 0.4) is 0 Å². The first kappa shape index (κ1) is 25.3. The zero-order valence-corrected chi connectivity index (χ0v) is 18.4. The molecule has 1 heterocycles. The Morgan fingerprint density at radius 2 is 1.84 bits per heavy atom. The van der Waals surface area contributed by atoms with Gasteiger partial charge in [-0.1, -0.05) is 30.1 Å². The second-order valence-electron chi connectivity index (χ2n) is 6.38. The fraction of sp³-hybridized carbons (Fsp3) is 0.316. The molecule has 0 spiro atoms. The summed E-state index contributed by atoms with van der Waals surface area (Å²) >= 11 is 12.2. The largest absolute Gasteiger partial charge is 0.497 e. The Kier molecular flexibility index (Phi) is 7.68. The number of hydrogen-bond donors (Lipinski definition) is 1. The minimum atomic E-state index is -4.93. The molecule has 174 valence electrons. The fourth-order valence-electron chi connectivity index (χ4n) is 2.80. The SMILES string of the molecule is CCC(Oc1cc(-n2c(=O)cc(C(F)(F)F)n(C)c2=O)c(Cl)cc1Cl)/C(=C/C(=O)O)OC. The first-order valence-corrected chi connectivity index (χ1v) is 9.62. The molecule has 8 nitrogen and oxygen atoms in total. The van der Waals surface area contributed by atoms with E-state index in [0.29, 0.717) is 4.57 Å². The van der Waals surface area contributed by atoms with Crippen LogP contribution in [0.5, 0.6) is 5.75 Å². The highest BCUT2D eigenvalue weighted by Crippen LogP contribution is 2.34. The lowest BCUT2D eigenvalue weighted by Gasteiger charge is -2.21. The molecule has 1 aromatic heterocycles. The topological polar surface area (TPSA) is 99.8 Å². The van der Waals surface area contributed by atoms with Crippen LogP contribution in [0.25, 0.3) is 5.69 Å². The van der Waals surface area contributed by atoms with Crippen molar-refractivity contribution in [2.24, 2.45) is 7.05 Å². The third-order valence-electron chi connectivity index (χ3n) is 4.31. The number of carboxylic acid groups (broad SMARTS) is 1. The van der Waals surface area contributed by atoms with Gasteiger partial charge in [-0.15, -0.1) is 0 Å². The summed E-state index contributed by atoms with van der Waals surface area (Å²) in [7, 11) is 2.10. The third-order valence-corrected chi connectivity index (χ3v) is 4.91. The van der Waals surface area contributed by atoms with E-state index in [9.17, 15) is 27.6 Å². The van der Waals surface area contributed by atoms with E-state index in [-0.39, 0.29) is 44.3 Å². The zero-order valence-electron chi connectivity index (χ0n) is 16.9. The van der Waals surface area contributed by atoms with Crippen molar-refractivity contribution in [1.82, 2.24) is 9.13 Å². The number of alkyl halides is 3. The van der Waals surface area contributed by atoms with E-state index in [1.165, 1.54) is 7.11 Å². The van der Waals surface area contributed by atoms with E-state index in [0.717, 1.165) is 25.3 Å². The molecule has 0 amide bonds. The molecule has 0 aliphatic carbocycles. The molecule has 2 rings (SSSR count). The summed E-state index contributed by atoms with van der Waals surface area (Å²) in [4.78, 5) is 35.9. The maximum absolute atomic E-state index is 13.1. The van der Waals surface area contributed by atoms with Crippen LogP contribution < -0.4 is 16.0 Å². The normalized spacial score (nSPS) is 13.1. The van der Waals surface area contributed by atoms with Gasteiger partial charge >= 0.3 is 17.8 Å². The Bertz CT molecular complexity index is 1190. The van der Waals surface area contributed by atoms with E-state index in [2.05, 4.69) is 0 Å². The lowest BCUT2D eigenvalue weighted by atomic mass is 10.2. The predicted octanol–water partition coefficient (Wildman–Crippen LogP) is 3.63. The highest BCUT2D eigenvalue weighted by Gasteiger charge is 2.35. The number of aromatic nitrogens is 2. The van der Waals surface area contributed by atoms with Crippen molar-refractivity contribution in [3.8, 4) is 11.4 Å². The van der Waals surface area contributed by atoms with Crippen molar-refractivity contribution in [2.45, 2.75) is 25.6 Å². The summed E-state index contributed by atoms with van der Waals surface area (Å²) < 4.78 is 50.7. The maximum Gasteiger partial charge on any atom is 0.431 e. The number of aliphatic carboxylic acids is 1. The second-order valence-corrected chi connectivity index (χ2v) is 7.19. The molecule has 0 bridgehead atoms. The Labute approximate surface area is 189 Å². The first-order chi connectivity index (χ1) is 14.8. The summed E-state index contributed by atoms with van der Waals surface area (Å²) in [6.45, 7) is 1.67. The predicted molar refractivity (Wildman–Crippen MR) is 110 cm³/mol. The Morgan fingerprint density at radius 1 is 1.22 bits per heavy atom. The van der Waals surface area contributed by atoms with Crippen LogP contribution >= 0.6 is 23.2 Å². The van der Waals surface area contributed by atoms with Crippen LogP contribution in [0, 0.1) is 0 Å². The van der Waals surface area contributed by atoms with Gasteiger partial charge in [0.15, 0.2) is 6.10 Å². The average molecular weight is 497 g/mol. The molecule has 32 heavy (non-hydrogen) atoms.